The van der Waals surface area contributed by atoms with Crippen molar-refractivity contribution in [2.75, 3.05) is 27.8 Å². The van der Waals surface area contributed by atoms with Crippen LogP contribution in [0.25, 0.3) is 0 Å². The first-order valence-corrected chi connectivity index (χ1v) is 26.7. The van der Waals surface area contributed by atoms with Crippen LogP contribution in [0.2, 0.25) is 0 Å². The number of ether oxygens (including phenoxy) is 6. The van der Waals surface area contributed by atoms with Gasteiger partial charge in [0.2, 0.25) is 0 Å². The highest BCUT2D eigenvalue weighted by Gasteiger charge is 2.53. The molecule has 0 aromatic heterocycles. The van der Waals surface area contributed by atoms with E-state index in [0.717, 1.165) is 19.3 Å². The molecular weight excluding hydrogens is 873 g/mol. The number of aliphatic hydroxyl groups excluding tert-OH is 3. The number of carbonyl (C=O) groups excluding carboxylic acids is 1. The van der Waals surface area contributed by atoms with E-state index in [1.54, 1.807) is 41.5 Å². The van der Waals surface area contributed by atoms with E-state index in [0.29, 0.717) is 18.7 Å². The average Bonchev–Trinajstić information content (AvgIpc) is 3.28. The number of carbonyl (C=O) groups is 1. The summed E-state index contributed by atoms with van der Waals surface area (Å²) in [5.74, 6) is -3.91. The van der Waals surface area contributed by atoms with Crippen LogP contribution < -0.4 is 0 Å². The number of cyclic esters (lactones) is 1. The molecule has 0 spiro atoms. The van der Waals surface area contributed by atoms with Crippen molar-refractivity contribution in [2.45, 2.75) is 276 Å². The van der Waals surface area contributed by atoms with Crippen LogP contribution in [0, 0.1) is 23.7 Å². The third kappa shape index (κ3) is 17.1. The number of oxime groups is 1. The lowest BCUT2D eigenvalue weighted by molar-refractivity contribution is -0.317. The fourth-order valence-corrected chi connectivity index (χ4v) is 11.1. The molecule has 15 nitrogen and oxygen atoms in total. The molecule has 2 unspecified atom stereocenters. The first-order valence-electron chi connectivity index (χ1n) is 26.7. The van der Waals surface area contributed by atoms with Gasteiger partial charge in [0.1, 0.15) is 30.5 Å². The number of hydrogen-bond acceptors (Lipinski definition) is 15. The minimum atomic E-state index is -1.93. The molecule has 0 amide bonds. The Morgan fingerprint density at radius 3 is 1.84 bits per heavy atom. The topological polar surface area (TPSA) is 198 Å². The van der Waals surface area contributed by atoms with E-state index in [1.165, 1.54) is 84.7 Å². The quantitative estimate of drug-likeness (QED) is 0.0374. The molecular formula is C53H100N2O13. The number of aliphatic hydroxyl groups is 5. The molecule has 0 aromatic rings. The van der Waals surface area contributed by atoms with Gasteiger partial charge in [0.15, 0.2) is 12.6 Å². The van der Waals surface area contributed by atoms with Crippen molar-refractivity contribution in [3.63, 3.8) is 0 Å². The molecule has 18 atom stereocenters. The Morgan fingerprint density at radius 1 is 0.750 bits per heavy atom. The average molecular weight is 973 g/mol. The number of hydrogen-bond donors (Lipinski definition) is 5. The Hall–Kier alpha value is -1.50. The van der Waals surface area contributed by atoms with E-state index in [1.807, 2.05) is 39.8 Å². The summed E-state index contributed by atoms with van der Waals surface area (Å²) in [4.78, 5) is 22.4. The second-order valence-electron chi connectivity index (χ2n) is 22.0. The first-order chi connectivity index (χ1) is 32.0. The maximum atomic E-state index is 14.5. The van der Waals surface area contributed by atoms with Crippen LogP contribution in [0.3, 0.4) is 0 Å². The summed E-state index contributed by atoms with van der Waals surface area (Å²) in [6.07, 6.45) is 8.20. The molecule has 3 aliphatic rings. The van der Waals surface area contributed by atoms with Gasteiger partial charge in [0.25, 0.3) is 0 Å². The predicted octanol–water partition coefficient (Wildman–Crippen LogP) is 8.07. The zero-order valence-electron chi connectivity index (χ0n) is 45.0. The number of rotatable bonds is 23. The van der Waals surface area contributed by atoms with Gasteiger partial charge in [-0.05, 0) is 87.7 Å². The zero-order valence-corrected chi connectivity index (χ0v) is 45.0. The Morgan fingerprint density at radius 2 is 1.31 bits per heavy atom. The van der Waals surface area contributed by atoms with Gasteiger partial charge in [-0.15, -0.1) is 0 Å². The minimum Gasteiger partial charge on any atom is -0.459 e. The van der Waals surface area contributed by atoms with Crippen LogP contribution in [0.15, 0.2) is 5.16 Å². The Bertz CT molecular complexity index is 1470. The summed E-state index contributed by atoms with van der Waals surface area (Å²) < 4.78 is 38.1. The normalized spacial score (nSPS) is 40.9. The van der Waals surface area contributed by atoms with E-state index in [-0.39, 0.29) is 31.4 Å². The van der Waals surface area contributed by atoms with Gasteiger partial charge in [-0.1, -0.05) is 117 Å². The highest BCUT2D eigenvalue weighted by atomic mass is 16.7. The van der Waals surface area contributed by atoms with Crippen molar-refractivity contribution in [3.8, 4) is 0 Å². The van der Waals surface area contributed by atoms with Crippen molar-refractivity contribution in [1.82, 2.24) is 4.90 Å². The lowest BCUT2D eigenvalue weighted by Crippen LogP contribution is -2.61. The molecule has 0 bridgehead atoms. The second kappa shape index (κ2) is 28.7. The van der Waals surface area contributed by atoms with Crippen LogP contribution in [0.4, 0.5) is 0 Å². The van der Waals surface area contributed by atoms with Crippen molar-refractivity contribution in [3.05, 3.63) is 0 Å². The van der Waals surface area contributed by atoms with E-state index in [9.17, 15) is 30.3 Å². The molecule has 3 rings (SSSR count). The van der Waals surface area contributed by atoms with Crippen molar-refractivity contribution in [2.24, 2.45) is 28.8 Å². The molecule has 5 N–H and O–H groups in total. The zero-order chi connectivity index (χ0) is 51.0. The van der Waals surface area contributed by atoms with Crippen LogP contribution in [-0.2, 0) is 38.1 Å². The Balaban J connectivity index is 1.96. The molecule has 68 heavy (non-hydrogen) atoms. The van der Waals surface area contributed by atoms with Crippen molar-refractivity contribution < 1.29 is 63.6 Å². The van der Waals surface area contributed by atoms with Gasteiger partial charge < -0.3 is 63.7 Å². The van der Waals surface area contributed by atoms with E-state index in [2.05, 4.69) is 12.1 Å². The Labute approximate surface area is 411 Å². The lowest BCUT2D eigenvalue weighted by atomic mass is 9.73. The summed E-state index contributed by atoms with van der Waals surface area (Å²) in [5, 5.41) is 64.6. The molecule has 0 aliphatic carbocycles. The monoisotopic (exact) mass is 973 g/mol. The highest BCUT2D eigenvalue weighted by molar-refractivity contribution is 5.88. The maximum Gasteiger partial charge on any atom is 0.311 e. The minimum absolute atomic E-state index is 0.0331. The highest BCUT2D eigenvalue weighted by Crippen LogP contribution is 2.41. The summed E-state index contributed by atoms with van der Waals surface area (Å²) in [6.45, 7) is 20.0. The van der Waals surface area contributed by atoms with Gasteiger partial charge in [-0.3, -0.25) is 4.79 Å². The lowest BCUT2D eigenvalue weighted by Gasteiger charge is -2.49. The van der Waals surface area contributed by atoms with Crippen LogP contribution in [0.5, 0.6) is 0 Å². The molecule has 0 radical (unpaired) electrons. The maximum absolute atomic E-state index is 14.5. The van der Waals surface area contributed by atoms with E-state index in [4.69, 9.17) is 33.3 Å². The summed E-state index contributed by atoms with van der Waals surface area (Å²) in [5.41, 5.74) is -4.27. The predicted molar refractivity (Wildman–Crippen MR) is 265 cm³/mol. The summed E-state index contributed by atoms with van der Waals surface area (Å²) >= 11 is 0. The summed E-state index contributed by atoms with van der Waals surface area (Å²) in [7, 11) is 5.28. The van der Waals surface area contributed by atoms with Crippen LogP contribution in [-0.4, -0.2) is 154 Å². The van der Waals surface area contributed by atoms with Gasteiger partial charge in [0, 0.05) is 37.3 Å². The van der Waals surface area contributed by atoms with Crippen LogP contribution >= 0.6 is 0 Å². The largest absolute Gasteiger partial charge is 0.459 e. The number of likely N-dealkylation sites (N-methyl/N-ethyl adjacent to an activating group) is 1. The number of nitrogens with zero attached hydrogens (tertiary/aromatic N) is 2. The molecule has 3 fully saturated rings. The second-order valence-corrected chi connectivity index (χ2v) is 22.0. The number of esters is 1. The SMILES string of the molecule is CCCCCCCCCCCCCCCCO/N=C1\[C@H](C)CC(C)(O)[C@H](O[C@@H]2O[C@H](C)C[C@H](N(C)C)[C@H]2O)[C@@H](C)[C@H](OC2C[C@@](C)(OC)[C@@H](O)[C@H](C)O2)[C@@H](C)C(=O)O[C@H](CC)[C@@](C)(O)[C@H](O)[C@H]1C. The number of unbranched alkanes of at least 4 members (excludes halogenated alkanes) is 13. The third-order valence-electron chi connectivity index (χ3n) is 15.6. The van der Waals surface area contributed by atoms with E-state index < -0.39 is 102 Å². The smallest absolute Gasteiger partial charge is 0.311 e. The third-order valence-corrected chi connectivity index (χ3v) is 15.6. The molecule has 0 aromatic carbocycles. The van der Waals surface area contributed by atoms with Gasteiger partial charge >= 0.3 is 5.97 Å². The van der Waals surface area contributed by atoms with Crippen molar-refractivity contribution in [1.29, 1.82) is 0 Å². The van der Waals surface area contributed by atoms with Gasteiger partial charge in [0.05, 0.1) is 53.4 Å². The fourth-order valence-electron chi connectivity index (χ4n) is 11.1. The molecule has 3 aliphatic heterocycles. The molecule has 3 saturated heterocycles. The standard InChI is InChI=1S/C53H100N2O13/c1-15-17-18-19-20-21-22-23-24-25-26-27-28-29-30-63-54-43-34(3)32-51(9,60)48(68-50-44(56)40(55(12)13)31-35(4)64-50)37(6)45(67-42-33-52(10,62-14)47(58)39(8)65-42)38(7)49(59)66-41(16-2)53(11,61)46(57)36(43)5/h34-42,44-48,50,56-58,60-61H,15-33H2,1-14H3/b54-43+/t34-,35-,36+,37+,38-,39+,40+,41-,42?,44-,45+,46-,47+,48-,50+,51?,52-,53-/m1/s1. The van der Waals surface area contributed by atoms with Crippen molar-refractivity contribution >= 4 is 11.7 Å². The molecule has 0 saturated carbocycles. The molecule has 15 heteroatoms. The van der Waals surface area contributed by atoms with E-state index >= 15 is 0 Å². The Kier molecular flexibility index (Phi) is 25.6. The van der Waals surface area contributed by atoms with Crippen LogP contribution in [0.1, 0.15) is 192 Å². The number of methoxy groups -OCH3 is 1. The fraction of sp³-hybridized carbons (Fsp3) is 0.962. The molecule has 3 heterocycles. The van der Waals surface area contributed by atoms with Gasteiger partial charge in [-0.2, -0.15) is 0 Å². The van der Waals surface area contributed by atoms with Gasteiger partial charge in [-0.25, -0.2) is 0 Å². The molecule has 400 valence electrons. The first kappa shape index (κ1) is 60.8. The summed E-state index contributed by atoms with van der Waals surface area (Å²) in [6, 6.07) is -0.311.